The van der Waals surface area contributed by atoms with Gasteiger partial charge in [0.05, 0.1) is 6.04 Å². The molecule has 11 heteroatoms. The van der Waals surface area contributed by atoms with Crippen molar-refractivity contribution in [3.63, 3.8) is 0 Å². The van der Waals surface area contributed by atoms with Crippen molar-refractivity contribution in [2.75, 3.05) is 12.3 Å². The number of aromatic carboxylic acids is 1. The van der Waals surface area contributed by atoms with E-state index in [0.29, 0.717) is 29.5 Å². The molecule has 1 fully saturated rings. The molecule has 2 atom stereocenters. The van der Waals surface area contributed by atoms with Gasteiger partial charge in [0.2, 0.25) is 5.91 Å². The smallest absolute Gasteiger partial charge is 0.355 e. The highest BCUT2D eigenvalue weighted by molar-refractivity contribution is 8.01. The summed E-state index contributed by atoms with van der Waals surface area (Å²) in [6, 6.07) is -0.0972. The van der Waals surface area contributed by atoms with Gasteiger partial charge in [-0.15, -0.1) is 21.5 Å². The summed E-state index contributed by atoms with van der Waals surface area (Å²) in [5, 5.41) is 17.9. The summed E-state index contributed by atoms with van der Waals surface area (Å²) in [7, 11) is 0. The number of carboxylic acids is 1. The number of thiazole rings is 1. The van der Waals surface area contributed by atoms with E-state index < -0.39 is 5.97 Å². The van der Waals surface area contributed by atoms with Crippen molar-refractivity contribution in [1.29, 1.82) is 0 Å². The molecule has 1 unspecified atom stereocenters. The lowest BCUT2D eigenvalue weighted by molar-refractivity contribution is -0.129. The Morgan fingerprint density at radius 2 is 2.25 bits per heavy atom. The van der Waals surface area contributed by atoms with Crippen LogP contribution < -0.4 is 5.73 Å². The summed E-state index contributed by atoms with van der Waals surface area (Å²) in [6.07, 6.45) is 3.89. The molecule has 128 valence electrons. The maximum absolute atomic E-state index is 12.1. The first kappa shape index (κ1) is 16.9. The van der Waals surface area contributed by atoms with Crippen molar-refractivity contribution in [2.45, 2.75) is 29.4 Å². The lowest BCUT2D eigenvalue weighted by Gasteiger charge is -2.29. The molecule has 2 aromatic rings. The van der Waals surface area contributed by atoms with Crippen molar-refractivity contribution in [3.8, 4) is 0 Å². The van der Waals surface area contributed by atoms with E-state index >= 15 is 0 Å². The lowest BCUT2D eigenvalue weighted by atomic mass is 10.1. The zero-order valence-electron chi connectivity index (χ0n) is 12.6. The minimum absolute atomic E-state index is 0.0484. The summed E-state index contributed by atoms with van der Waals surface area (Å²) in [5.41, 5.74) is 6.27. The van der Waals surface area contributed by atoms with E-state index in [1.165, 1.54) is 28.5 Å². The van der Waals surface area contributed by atoms with Gasteiger partial charge in [0.1, 0.15) is 18.8 Å². The van der Waals surface area contributed by atoms with Gasteiger partial charge >= 0.3 is 5.97 Å². The van der Waals surface area contributed by atoms with Crippen molar-refractivity contribution < 1.29 is 14.7 Å². The standard InChI is InChI=1S/C13H16N6O3S2/c14-11(18-6-15-16-7-18)9-1-2-10(20)19(9)3-4-23-13-17-8(5-24-13)12(21)22/h5-7,9,11H,1-4,14H2,(H,21,22)/t9-,11?/m1/s1. The normalized spacial score (nSPS) is 19.0. The van der Waals surface area contributed by atoms with Gasteiger partial charge in [0, 0.05) is 24.1 Å². The first-order valence-corrected chi connectivity index (χ1v) is 9.13. The van der Waals surface area contributed by atoms with Crippen LogP contribution in [-0.4, -0.2) is 60.0 Å². The number of amides is 1. The molecule has 0 aliphatic carbocycles. The third-order valence-corrected chi connectivity index (χ3v) is 5.81. The first-order valence-electron chi connectivity index (χ1n) is 7.27. The maximum Gasteiger partial charge on any atom is 0.355 e. The Bertz CT molecular complexity index is 719. The van der Waals surface area contributed by atoms with E-state index in [1.54, 1.807) is 22.1 Å². The van der Waals surface area contributed by atoms with Crippen LogP contribution in [0.25, 0.3) is 0 Å². The van der Waals surface area contributed by atoms with E-state index in [2.05, 4.69) is 15.2 Å². The number of nitrogens with zero attached hydrogens (tertiary/aromatic N) is 5. The molecule has 24 heavy (non-hydrogen) atoms. The third kappa shape index (κ3) is 3.57. The molecule has 1 saturated heterocycles. The average Bonchev–Trinajstić information content (AvgIpc) is 3.28. The second kappa shape index (κ2) is 7.28. The average molecular weight is 368 g/mol. The van der Waals surface area contributed by atoms with Gasteiger partial charge in [-0.1, -0.05) is 11.8 Å². The molecule has 1 amide bonds. The van der Waals surface area contributed by atoms with Gasteiger partial charge in [-0.2, -0.15) is 0 Å². The maximum atomic E-state index is 12.1. The van der Waals surface area contributed by atoms with Crippen molar-refractivity contribution in [2.24, 2.45) is 5.73 Å². The molecule has 3 N–H and O–H groups in total. The SMILES string of the molecule is NC([C@H]1CCC(=O)N1CCSc1nc(C(=O)O)cs1)n1cnnc1. The number of rotatable bonds is 7. The molecule has 3 heterocycles. The molecule has 0 saturated carbocycles. The van der Waals surface area contributed by atoms with E-state index in [9.17, 15) is 9.59 Å². The van der Waals surface area contributed by atoms with Crippen molar-refractivity contribution >= 4 is 35.0 Å². The van der Waals surface area contributed by atoms with Gasteiger partial charge in [0.25, 0.3) is 0 Å². The second-order valence-corrected chi connectivity index (χ2v) is 7.45. The number of nitrogens with two attached hydrogens (primary N) is 1. The Labute approximate surface area is 145 Å². The van der Waals surface area contributed by atoms with E-state index in [0.717, 1.165) is 0 Å². The number of hydrogen-bond acceptors (Lipinski definition) is 8. The highest BCUT2D eigenvalue weighted by Crippen LogP contribution is 2.27. The van der Waals surface area contributed by atoms with Crippen molar-refractivity contribution in [3.05, 3.63) is 23.7 Å². The van der Waals surface area contributed by atoms with Crippen LogP contribution in [0.2, 0.25) is 0 Å². The number of thioether (sulfide) groups is 1. The van der Waals surface area contributed by atoms with Crippen LogP contribution in [0.4, 0.5) is 0 Å². The number of aromatic nitrogens is 4. The fourth-order valence-electron chi connectivity index (χ4n) is 2.62. The van der Waals surface area contributed by atoms with Crippen LogP contribution >= 0.6 is 23.1 Å². The molecular weight excluding hydrogens is 352 g/mol. The zero-order valence-corrected chi connectivity index (χ0v) is 14.2. The Kier molecular flexibility index (Phi) is 5.11. The summed E-state index contributed by atoms with van der Waals surface area (Å²) in [4.78, 5) is 28.8. The Morgan fingerprint density at radius 1 is 1.50 bits per heavy atom. The molecule has 9 nitrogen and oxygen atoms in total. The summed E-state index contributed by atoms with van der Waals surface area (Å²) in [6.45, 7) is 0.534. The van der Waals surface area contributed by atoms with Gasteiger partial charge in [-0.3, -0.25) is 4.79 Å². The molecule has 2 aromatic heterocycles. The molecule has 1 aliphatic rings. The monoisotopic (exact) mass is 368 g/mol. The Balaban J connectivity index is 1.57. The third-order valence-electron chi connectivity index (χ3n) is 3.81. The minimum Gasteiger partial charge on any atom is -0.476 e. The number of carbonyl (C=O) groups is 2. The van der Waals surface area contributed by atoms with Crippen LogP contribution in [-0.2, 0) is 4.79 Å². The number of carboxylic acid groups (broad SMARTS) is 1. The Hall–Kier alpha value is -1.98. The number of likely N-dealkylation sites (tertiary alicyclic amines) is 1. The van der Waals surface area contributed by atoms with Crippen LogP contribution in [0, 0.1) is 0 Å². The van der Waals surface area contributed by atoms with E-state index in [1.807, 2.05) is 0 Å². The first-order chi connectivity index (χ1) is 11.6. The predicted molar refractivity (Wildman–Crippen MR) is 87.8 cm³/mol. The van der Waals surface area contributed by atoms with Crippen LogP contribution in [0.5, 0.6) is 0 Å². The lowest BCUT2D eigenvalue weighted by Crippen LogP contribution is -2.43. The molecule has 0 radical (unpaired) electrons. The summed E-state index contributed by atoms with van der Waals surface area (Å²) in [5.74, 6) is -0.328. The quantitative estimate of drug-likeness (QED) is 0.683. The predicted octanol–water partition coefficient (Wildman–Crippen LogP) is 0.673. The zero-order chi connectivity index (χ0) is 17.1. The van der Waals surface area contributed by atoms with E-state index in [-0.39, 0.29) is 23.8 Å². The number of hydrogen-bond donors (Lipinski definition) is 2. The second-order valence-electron chi connectivity index (χ2n) is 5.25. The minimum atomic E-state index is -1.03. The van der Waals surface area contributed by atoms with Gasteiger partial charge in [0.15, 0.2) is 10.0 Å². The summed E-state index contributed by atoms with van der Waals surface area (Å²) < 4.78 is 2.38. The van der Waals surface area contributed by atoms with Crippen molar-refractivity contribution in [1.82, 2.24) is 24.6 Å². The molecule has 0 bridgehead atoms. The van der Waals surface area contributed by atoms with Gasteiger partial charge in [-0.25, -0.2) is 9.78 Å². The van der Waals surface area contributed by atoms with Gasteiger partial charge in [-0.05, 0) is 6.42 Å². The molecule has 1 aliphatic heterocycles. The van der Waals surface area contributed by atoms with E-state index in [4.69, 9.17) is 10.8 Å². The number of carbonyl (C=O) groups excluding carboxylic acids is 1. The molecule has 0 aromatic carbocycles. The Morgan fingerprint density at radius 3 is 2.92 bits per heavy atom. The fraction of sp³-hybridized carbons (Fsp3) is 0.462. The highest BCUT2D eigenvalue weighted by atomic mass is 32.2. The molecular formula is C13H16N6O3S2. The molecule has 0 spiro atoms. The largest absolute Gasteiger partial charge is 0.476 e. The van der Waals surface area contributed by atoms with Gasteiger partial charge < -0.3 is 20.3 Å². The van der Waals surface area contributed by atoms with Crippen LogP contribution in [0.1, 0.15) is 29.5 Å². The highest BCUT2D eigenvalue weighted by Gasteiger charge is 2.35. The topological polar surface area (TPSA) is 127 Å². The fourth-order valence-corrected chi connectivity index (χ4v) is 4.42. The summed E-state index contributed by atoms with van der Waals surface area (Å²) >= 11 is 2.73. The van der Waals surface area contributed by atoms with Crippen LogP contribution in [0.3, 0.4) is 0 Å². The molecule has 3 rings (SSSR count). The van der Waals surface area contributed by atoms with Crippen LogP contribution in [0.15, 0.2) is 22.4 Å².